The fourth-order valence-electron chi connectivity index (χ4n) is 2.91. The largest absolute Gasteiger partial charge is 0.589 e. The number of nitrogens with one attached hydrogen (secondary N) is 1. The Morgan fingerprint density at radius 1 is 1.00 bits per heavy atom. The van der Waals surface area contributed by atoms with Crippen molar-refractivity contribution in [1.29, 1.82) is 0 Å². The molecular weight excluding hydrogens is 299 g/mol. The van der Waals surface area contributed by atoms with Gasteiger partial charge in [-0.2, -0.15) is 0 Å². The average molecular weight is 322 g/mol. The van der Waals surface area contributed by atoms with Crippen molar-refractivity contribution in [3.05, 3.63) is 71.4 Å². The van der Waals surface area contributed by atoms with Crippen LogP contribution in [0.5, 0.6) is 0 Å². The number of nitrogens with zero attached hydrogens (tertiary/aromatic N) is 1. The van der Waals surface area contributed by atoms with Crippen molar-refractivity contribution in [2.24, 2.45) is 0 Å². The summed E-state index contributed by atoms with van der Waals surface area (Å²) in [6, 6.07) is 16.2. The zero-order valence-electron chi connectivity index (χ0n) is 14.3. The van der Waals surface area contributed by atoms with E-state index in [1.54, 1.807) is 6.20 Å². The summed E-state index contributed by atoms with van der Waals surface area (Å²) >= 11 is 0. The summed E-state index contributed by atoms with van der Waals surface area (Å²) in [6.45, 7) is 6.55. The molecular formula is C19H23BN2O2. The van der Waals surface area contributed by atoms with E-state index in [1.807, 2.05) is 42.5 Å². The van der Waals surface area contributed by atoms with E-state index in [9.17, 15) is 10.0 Å². The van der Waals surface area contributed by atoms with Crippen LogP contribution in [-0.2, 0) is 5.41 Å². The minimum absolute atomic E-state index is 0.103. The fraction of sp³-hybridized carbons (Fsp3) is 0.263. The lowest BCUT2D eigenvalue weighted by molar-refractivity contribution is 0.285. The third-order valence-electron chi connectivity index (χ3n) is 4.34. The van der Waals surface area contributed by atoms with Crippen LogP contribution in [0.4, 0.5) is 5.69 Å². The lowest BCUT2D eigenvalue weighted by atomic mass is 9.87. The molecule has 0 amide bonds. The number of fused-ring (bicyclic) bond motifs is 1. The highest BCUT2D eigenvalue weighted by atomic mass is 16.4. The topological polar surface area (TPSA) is 55.7 Å². The van der Waals surface area contributed by atoms with Gasteiger partial charge < -0.3 is 20.2 Å². The maximum absolute atomic E-state index is 9.69. The quantitative estimate of drug-likeness (QED) is 0.759. The molecule has 0 spiro atoms. The third kappa shape index (κ3) is 3.32. The summed E-state index contributed by atoms with van der Waals surface area (Å²) in [6.07, 6.45) is 3.25. The van der Waals surface area contributed by atoms with Crippen LogP contribution in [0.15, 0.2) is 54.7 Å². The summed E-state index contributed by atoms with van der Waals surface area (Å²) in [4.78, 5) is 1.49. The van der Waals surface area contributed by atoms with Gasteiger partial charge in [0.15, 0.2) is 0 Å². The van der Waals surface area contributed by atoms with Crippen molar-refractivity contribution in [3.63, 3.8) is 0 Å². The number of anilines is 1. The van der Waals surface area contributed by atoms with E-state index in [0.29, 0.717) is 0 Å². The number of hydrogen-bond donors (Lipinski definition) is 3. The highest BCUT2D eigenvalue weighted by Gasteiger charge is 2.30. The molecule has 1 atom stereocenters. The van der Waals surface area contributed by atoms with E-state index in [4.69, 9.17) is 0 Å². The molecule has 0 saturated carbocycles. The van der Waals surface area contributed by atoms with Crippen molar-refractivity contribution in [2.45, 2.75) is 32.4 Å². The van der Waals surface area contributed by atoms with Gasteiger partial charge in [-0.05, 0) is 41.0 Å². The maximum Gasteiger partial charge on any atom is 0.589 e. The molecule has 2 aromatic rings. The lowest BCUT2D eigenvalue weighted by Crippen LogP contribution is -2.43. The van der Waals surface area contributed by atoms with Crippen LogP contribution < -0.4 is 5.32 Å². The van der Waals surface area contributed by atoms with Crippen LogP contribution in [0.25, 0.3) is 6.08 Å². The van der Waals surface area contributed by atoms with Crippen molar-refractivity contribution >= 4 is 19.0 Å². The Balaban J connectivity index is 1.90. The number of rotatable bonds is 3. The first-order valence-electron chi connectivity index (χ1n) is 8.14. The van der Waals surface area contributed by atoms with Gasteiger partial charge in [0.1, 0.15) is 6.17 Å². The Bertz CT molecular complexity index is 736. The number of hydrogen-bond acceptors (Lipinski definition) is 4. The number of benzene rings is 2. The summed E-state index contributed by atoms with van der Waals surface area (Å²) in [7, 11) is -1.57. The van der Waals surface area contributed by atoms with Crippen LogP contribution in [-0.4, -0.2) is 22.1 Å². The molecule has 1 heterocycles. The van der Waals surface area contributed by atoms with Crippen molar-refractivity contribution in [3.8, 4) is 0 Å². The van der Waals surface area contributed by atoms with E-state index < -0.39 is 7.25 Å². The SMILES string of the molecule is CC(C)(C)c1ccc(NC2c3ccccc3C=CN2B(O)O)cc1. The van der Waals surface area contributed by atoms with Crippen molar-refractivity contribution in [1.82, 2.24) is 4.81 Å². The van der Waals surface area contributed by atoms with Gasteiger partial charge in [-0.25, -0.2) is 0 Å². The van der Waals surface area contributed by atoms with E-state index >= 15 is 0 Å². The second-order valence-corrected chi connectivity index (χ2v) is 7.11. The molecule has 0 fully saturated rings. The molecule has 124 valence electrons. The molecule has 2 aromatic carbocycles. The van der Waals surface area contributed by atoms with E-state index in [-0.39, 0.29) is 11.6 Å². The van der Waals surface area contributed by atoms with Gasteiger partial charge in [0.2, 0.25) is 0 Å². The molecule has 0 aliphatic carbocycles. The monoisotopic (exact) mass is 322 g/mol. The zero-order chi connectivity index (χ0) is 17.3. The highest BCUT2D eigenvalue weighted by Crippen LogP contribution is 2.32. The Kier molecular flexibility index (Phi) is 4.39. The van der Waals surface area contributed by atoms with Gasteiger partial charge in [-0.15, -0.1) is 0 Å². The van der Waals surface area contributed by atoms with Gasteiger partial charge >= 0.3 is 7.25 Å². The predicted molar refractivity (Wildman–Crippen MR) is 99.0 cm³/mol. The predicted octanol–water partition coefficient (Wildman–Crippen LogP) is 3.35. The summed E-state index contributed by atoms with van der Waals surface area (Å²) in [5.74, 6) is 0. The van der Waals surface area contributed by atoms with Crippen LogP contribution in [0.1, 0.15) is 43.6 Å². The fourth-order valence-corrected chi connectivity index (χ4v) is 2.91. The van der Waals surface area contributed by atoms with Gasteiger partial charge in [0.05, 0.1) is 0 Å². The average Bonchev–Trinajstić information content (AvgIpc) is 2.54. The highest BCUT2D eigenvalue weighted by molar-refractivity contribution is 6.38. The minimum Gasteiger partial charge on any atom is -0.408 e. The summed E-state index contributed by atoms with van der Waals surface area (Å²) in [5, 5.41) is 22.8. The molecule has 24 heavy (non-hydrogen) atoms. The standard InChI is InChI=1S/C19H23BN2O2/c1-19(2,3)15-8-10-16(11-9-15)21-18-17-7-5-4-6-14(17)12-13-22(18)20(23)24/h4-13,18,21,23-24H,1-3H3. The lowest BCUT2D eigenvalue weighted by Gasteiger charge is -2.35. The molecule has 0 bridgehead atoms. The first-order valence-corrected chi connectivity index (χ1v) is 8.14. The zero-order valence-corrected chi connectivity index (χ0v) is 14.3. The normalized spacial score (nSPS) is 16.7. The molecule has 5 heteroatoms. The van der Waals surface area contributed by atoms with E-state index in [2.05, 4.69) is 38.2 Å². The second-order valence-electron chi connectivity index (χ2n) is 7.11. The summed E-state index contributed by atoms with van der Waals surface area (Å²) in [5.41, 5.74) is 4.37. The smallest absolute Gasteiger partial charge is 0.408 e. The molecule has 3 rings (SSSR count). The van der Waals surface area contributed by atoms with Crippen LogP contribution in [0, 0.1) is 0 Å². The van der Waals surface area contributed by atoms with Crippen LogP contribution >= 0.6 is 0 Å². The minimum atomic E-state index is -1.57. The third-order valence-corrected chi connectivity index (χ3v) is 4.34. The Morgan fingerprint density at radius 2 is 1.67 bits per heavy atom. The molecule has 1 aliphatic heterocycles. The molecule has 4 nitrogen and oxygen atoms in total. The van der Waals surface area contributed by atoms with Crippen LogP contribution in [0.3, 0.4) is 0 Å². The molecule has 0 saturated heterocycles. The van der Waals surface area contributed by atoms with Gasteiger partial charge in [0.25, 0.3) is 0 Å². The molecule has 1 aliphatic rings. The van der Waals surface area contributed by atoms with Gasteiger partial charge in [-0.3, -0.25) is 0 Å². The van der Waals surface area contributed by atoms with Crippen LogP contribution in [0.2, 0.25) is 0 Å². The maximum atomic E-state index is 9.69. The first-order chi connectivity index (χ1) is 11.4. The van der Waals surface area contributed by atoms with E-state index in [1.165, 1.54) is 10.4 Å². The molecule has 1 unspecified atom stereocenters. The van der Waals surface area contributed by atoms with Gasteiger partial charge in [0, 0.05) is 11.3 Å². The Hall–Kier alpha value is -2.24. The van der Waals surface area contributed by atoms with E-state index in [0.717, 1.165) is 16.8 Å². The molecule has 0 radical (unpaired) electrons. The second kappa shape index (κ2) is 6.34. The van der Waals surface area contributed by atoms with Crippen molar-refractivity contribution < 1.29 is 10.0 Å². The molecule has 3 N–H and O–H groups in total. The summed E-state index contributed by atoms with van der Waals surface area (Å²) < 4.78 is 0. The van der Waals surface area contributed by atoms with Crippen molar-refractivity contribution in [2.75, 3.05) is 5.32 Å². The Labute approximate surface area is 143 Å². The Morgan fingerprint density at radius 3 is 2.29 bits per heavy atom. The van der Waals surface area contributed by atoms with Gasteiger partial charge in [-0.1, -0.05) is 57.2 Å². The molecule has 0 aromatic heterocycles. The first kappa shape index (κ1) is 16.6.